The van der Waals surface area contributed by atoms with E-state index in [1.54, 1.807) is 0 Å². The highest BCUT2D eigenvalue weighted by molar-refractivity contribution is 6.24. The predicted molar refractivity (Wildman–Crippen MR) is 207 cm³/mol. The molecular formula is C44H64N4O2+2. The first-order valence-corrected chi connectivity index (χ1v) is 19.5. The Morgan fingerprint density at radius 3 is 1.84 bits per heavy atom. The molecule has 5 rings (SSSR count). The van der Waals surface area contributed by atoms with Crippen molar-refractivity contribution in [1.29, 1.82) is 0 Å². The summed E-state index contributed by atoms with van der Waals surface area (Å²) < 4.78 is 4.59. The third-order valence-electron chi connectivity index (χ3n) is 13.2. The molecule has 0 atom stereocenters. The zero-order chi connectivity index (χ0) is 36.5. The number of para-hydroxylation sites is 2. The van der Waals surface area contributed by atoms with Crippen LogP contribution in [0.1, 0.15) is 93.2 Å². The lowest BCUT2D eigenvalue weighted by molar-refractivity contribution is -0.924. The van der Waals surface area contributed by atoms with Gasteiger partial charge in [-0.25, -0.2) is 0 Å². The summed E-state index contributed by atoms with van der Waals surface area (Å²) in [5.41, 5.74) is 6.96. The molecule has 6 heteroatoms. The van der Waals surface area contributed by atoms with Crippen molar-refractivity contribution in [3.63, 3.8) is 0 Å². The van der Waals surface area contributed by atoms with Gasteiger partial charge in [0, 0.05) is 58.6 Å². The van der Waals surface area contributed by atoms with Crippen molar-refractivity contribution in [1.82, 2.24) is 0 Å². The van der Waals surface area contributed by atoms with Gasteiger partial charge in [-0.3, -0.25) is 4.79 Å². The van der Waals surface area contributed by atoms with Crippen molar-refractivity contribution >= 4 is 22.9 Å². The summed E-state index contributed by atoms with van der Waals surface area (Å²) in [6, 6.07) is 17.2. The van der Waals surface area contributed by atoms with Gasteiger partial charge < -0.3 is 19.0 Å². The molecule has 0 bridgehead atoms. The maximum absolute atomic E-state index is 14.0. The van der Waals surface area contributed by atoms with Gasteiger partial charge in [0.15, 0.2) is 18.0 Å². The summed E-state index contributed by atoms with van der Waals surface area (Å²) in [5, 5.41) is 14.0. The number of rotatable bonds is 16. The third kappa shape index (κ3) is 6.43. The first kappa shape index (κ1) is 37.8. The summed E-state index contributed by atoms with van der Waals surface area (Å²) in [6.45, 7) is 33.4. The molecule has 6 nitrogen and oxygen atoms in total. The fraction of sp³-hybridized carbons (Fsp3) is 0.545. The van der Waals surface area contributed by atoms with Crippen LogP contribution in [0.4, 0.5) is 11.4 Å². The molecule has 0 spiro atoms. The maximum atomic E-state index is 14.0. The fourth-order valence-corrected chi connectivity index (χ4v) is 9.07. The quantitative estimate of drug-likeness (QED) is 0.106. The van der Waals surface area contributed by atoms with Gasteiger partial charge in [-0.1, -0.05) is 56.0 Å². The van der Waals surface area contributed by atoms with E-state index in [9.17, 15) is 9.90 Å². The van der Waals surface area contributed by atoms with Crippen LogP contribution < -0.4 is 10.0 Å². The van der Waals surface area contributed by atoms with Crippen LogP contribution in [0.15, 0.2) is 83.3 Å². The second kappa shape index (κ2) is 14.6. The monoisotopic (exact) mass is 681 g/mol. The molecule has 50 heavy (non-hydrogen) atoms. The number of ketones is 1. The number of Topliss-reactive ketones (excluding diaryl/α,β-unsaturated/α-hetero) is 1. The van der Waals surface area contributed by atoms with Crippen molar-refractivity contribution in [2.75, 3.05) is 70.3 Å². The molecule has 0 saturated heterocycles. The van der Waals surface area contributed by atoms with Gasteiger partial charge >= 0.3 is 0 Å². The number of nitrogens with zero attached hydrogens (tertiary/aromatic N) is 4. The molecule has 0 N–H and O–H groups in total. The molecule has 2 aliphatic heterocycles. The lowest BCUT2D eigenvalue weighted by atomic mass is 9.77. The van der Waals surface area contributed by atoms with E-state index in [1.807, 2.05) is 12.2 Å². The molecule has 0 unspecified atom stereocenters. The van der Waals surface area contributed by atoms with E-state index in [0.717, 1.165) is 98.7 Å². The third-order valence-corrected chi connectivity index (χ3v) is 13.2. The Morgan fingerprint density at radius 2 is 1.26 bits per heavy atom. The van der Waals surface area contributed by atoms with E-state index in [2.05, 4.69) is 127 Å². The first-order chi connectivity index (χ1) is 23.8. The number of hydrogen-bond acceptors (Lipinski definition) is 3. The van der Waals surface area contributed by atoms with E-state index in [1.165, 1.54) is 22.5 Å². The van der Waals surface area contributed by atoms with Crippen LogP contribution in [0.25, 0.3) is 0 Å². The molecular weight excluding hydrogens is 617 g/mol. The van der Waals surface area contributed by atoms with E-state index >= 15 is 0 Å². The first-order valence-electron chi connectivity index (χ1n) is 19.5. The average Bonchev–Trinajstić information content (AvgIpc) is 3.48. The van der Waals surface area contributed by atoms with Crippen LogP contribution in [0.2, 0.25) is 0 Å². The summed E-state index contributed by atoms with van der Waals surface area (Å²) in [5.74, 6) is -0.267. The summed E-state index contributed by atoms with van der Waals surface area (Å²) >= 11 is 0. The second-order valence-electron chi connectivity index (χ2n) is 15.9. The van der Waals surface area contributed by atoms with E-state index in [0.29, 0.717) is 11.1 Å². The van der Waals surface area contributed by atoms with Crippen molar-refractivity contribution in [2.45, 2.75) is 92.9 Å². The maximum Gasteiger partial charge on any atom is 0.209 e. The van der Waals surface area contributed by atoms with Crippen LogP contribution >= 0.6 is 0 Å². The zero-order valence-electron chi connectivity index (χ0n) is 32.9. The minimum atomic E-state index is -0.320. The highest BCUT2D eigenvalue weighted by atomic mass is 16.3. The molecule has 0 fully saturated rings. The zero-order valence-corrected chi connectivity index (χ0v) is 32.9. The number of anilines is 1. The van der Waals surface area contributed by atoms with Crippen LogP contribution in [-0.2, 0) is 15.6 Å². The van der Waals surface area contributed by atoms with Gasteiger partial charge in [-0.05, 0) is 73.1 Å². The Morgan fingerprint density at radius 1 is 0.720 bits per heavy atom. The standard InChI is InChI=1S/C44H64N4O2/c1-11-47(12-2,13-3)29-21-27-45-37-25-19-17-23-35(37)43(7,8)39(45)31-33-41(49)34(42(33)50)32-40-44(9,10)36-24-18-20-26-38(36)46(40)28-22-30-48(14-4,15-5)16-6/h17-20,23-26,31-32H,11-16,21-22,27-30H2,1-10H3/q+2. The van der Waals surface area contributed by atoms with Crippen LogP contribution in [0, 0.1) is 0 Å². The van der Waals surface area contributed by atoms with Crippen LogP contribution in [-0.4, -0.2) is 90.5 Å². The van der Waals surface area contributed by atoms with Gasteiger partial charge in [0.1, 0.15) is 0 Å². The molecule has 0 aromatic heterocycles. The van der Waals surface area contributed by atoms with Crippen LogP contribution in [0.5, 0.6) is 0 Å². The highest BCUT2D eigenvalue weighted by Crippen LogP contribution is 2.49. The Bertz CT molecular complexity index is 1700. The van der Waals surface area contributed by atoms with Crippen molar-refractivity contribution < 1.29 is 23.4 Å². The normalized spacial score (nSPS) is 19.9. The van der Waals surface area contributed by atoms with Gasteiger partial charge in [-0.15, -0.1) is 0 Å². The topological polar surface area (TPSA) is 46.4 Å². The molecule has 0 amide bonds. The fourth-order valence-electron chi connectivity index (χ4n) is 9.07. The summed E-state index contributed by atoms with van der Waals surface area (Å²) in [4.78, 5) is 16.4. The second-order valence-corrected chi connectivity index (χ2v) is 15.9. The Hall–Kier alpha value is -3.48. The molecule has 1 aliphatic carbocycles. The molecule has 2 aromatic carbocycles. The number of fused-ring (bicyclic) bond motifs is 2. The van der Waals surface area contributed by atoms with Crippen molar-refractivity contribution in [3.8, 4) is 0 Å². The van der Waals surface area contributed by atoms with Gasteiger partial charge in [0.05, 0.1) is 64.2 Å². The van der Waals surface area contributed by atoms with E-state index < -0.39 is 0 Å². The SMILES string of the molecule is CC[N+](CC)(CC)CCCN1C(=CC2=C([O-])C(=CC3=[N+](CCC[N+](CC)(CC)CC)c4ccccc4C3(C)C)C2=O)C(C)(C)c2ccccc21. The highest BCUT2D eigenvalue weighted by Gasteiger charge is 2.46. The minimum absolute atomic E-state index is 0.134. The van der Waals surface area contributed by atoms with E-state index in [-0.39, 0.29) is 22.4 Å². The Kier molecular flexibility index (Phi) is 11.1. The largest absolute Gasteiger partial charge is 0.871 e. The number of benzene rings is 2. The number of carbonyl (C=O) groups excluding carboxylic acids is 1. The average molecular weight is 681 g/mol. The summed E-state index contributed by atoms with van der Waals surface area (Å²) in [7, 11) is 0. The van der Waals surface area contributed by atoms with E-state index in [4.69, 9.17) is 0 Å². The smallest absolute Gasteiger partial charge is 0.209 e. The van der Waals surface area contributed by atoms with Gasteiger partial charge in [0.2, 0.25) is 5.69 Å². The number of carbonyl (C=O) groups is 1. The lowest BCUT2D eigenvalue weighted by Crippen LogP contribution is -2.48. The Labute approximate surface area is 303 Å². The molecule has 2 aromatic rings. The number of quaternary nitrogens is 2. The summed E-state index contributed by atoms with van der Waals surface area (Å²) in [6.07, 6.45) is 5.94. The minimum Gasteiger partial charge on any atom is -0.871 e. The number of allylic oxidation sites excluding steroid dienone is 5. The van der Waals surface area contributed by atoms with Crippen molar-refractivity contribution in [3.05, 3.63) is 94.4 Å². The van der Waals surface area contributed by atoms with Gasteiger partial charge in [0.25, 0.3) is 0 Å². The molecule has 0 radical (unpaired) electrons. The molecule has 0 saturated carbocycles. The van der Waals surface area contributed by atoms with Gasteiger partial charge in [-0.2, -0.15) is 4.58 Å². The van der Waals surface area contributed by atoms with Crippen LogP contribution in [0.3, 0.4) is 0 Å². The molecule has 270 valence electrons. The number of hydrogen-bond donors (Lipinski definition) is 0. The molecule has 2 heterocycles. The predicted octanol–water partition coefficient (Wildman–Crippen LogP) is 7.40. The Balaban J connectivity index is 1.50. The lowest BCUT2D eigenvalue weighted by Gasteiger charge is -2.37. The van der Waals surface area contributed by atoms with Crippen molar-refractivity contribution in [2.24, 2.45) is 0 Å². The molecule has 3 aliphatic rings.